The minimum atomic E-state index is 0.291. The molecule has 2 aliphatic heterocycles. The average molecular weight is 597 g/mol. The summed E-state index contributed by atoms with van der Waals surface area (Å²) in [5.74, 6) is 0.956. The Morgan fingerprint density at radius 1 is 0.837 bits per heavy atom. The van der Waals surface area contributed by atoms with Crippen molar-refractivity contribution in [1.29, 1.82) is 0 Å². The number of likely N-dealkylation sites (tertiary alicyclic amines) is 1. The van der Waals surface area contributed by atoms with E-state index in [9.17, 15) is 4.79 Å². The van der Waals surface area contributed by atoms with Gasteiger partial charge in [-0.05, 0) is 118 Å². The molecule has 6 rings (SSSR count). The Hall–Kier alpha value is -3.12. The van der Waals surface area contributed by atoms with Crippen molar-refractivity contribution in [1.82, 2.24) is 14.8 Å². The maximum atomic E-state index is 13.0. The Balaban J connectivity index is 0.872. The number of fused-ring (bicyclic) bond motifs is 1. The van der Waals surface area contributed by atoms with Gasteiger partial charge in [0.05, 0.1) is 0 Å². The number of ketones is 1. The van der Waals surface area contributed by atoms with Crippen LogP contribution in [0.25, 0.3) is 10.9 Å². The van der Waals surface area contributed by atoms with E-state index >= 15 is 0 Å². The van der Waals surface area contributed by atoms with Crippen LogP contribution in [0.2, 0.25) is 5.02 Å². The van der Waals surface area contributed by atoms with Crippen molar-refractivity contribution in [3.8, 4) is 0 Å². The fraction of sp³-hybridized carbons (Fsp3) is 0.432. The van der Waals surface area contributed by atoms with Gasteiger partial charge in [-0.1, -0.05) is 41.9 Å². The van der Waals surface area contributed by atoms with Crippen molar-refractivity contribution >= 4 is 34.0 Å². The number of hydrogen-bond acceptors (Lipinski definition) is 4. The first kappa shape index (κ1) is 29.9. The minimum absolute atomic E-state index is 0.291. The second-order valence-electron chi connectivity index (χ2n) is 12.5. The van der Waals surface area contributed by atoms with Gasteiger partial charge in [-0.3, -0.25) is 14.6 Å². The molecule has 6 heteroatoms. The highest BCUT2D eigenvalue weighted by Crippen LogP contribution is 2.26. The van der Waals surface area contributed by atoms with Gasteiger partial charge in [0.25, 0.3) is 0 Å². The van der Waals surface area contributed by atoms with Crippen molar-refractivity contribution in [3.63, 3.8) is 0 Å². The van der Waals surface area contributed by atoms with Crippen LogP contribution in [0.15, 0.2) is 79.0 Å². The molecule has 2 aliphatic rings. The van der Waals surface area contributed by atoms with Crippen molar-refractivity contribution < 1.29 is 4.79 Å². The zero-order valence-corrected chi connectivity index (χ0v) is 26.1. The predicted octanol–water partition coefficient (Wildman–Crippen LogP) is 7.84. The molecule has 0 saturated carbocycles. The van der Waals surface area contributed by atoms with Crippen LogP contribution in [0.1, 0.15) is 60.0 Å². The Morgan fingerprint density at radius 3 is 2.37 bits per heavy atom. The number of piperazine rings is 1. The standard InChI is InChI=1S/C37H45ClN4O/c38-33-12-15-36-35(26-33)32(27-39-36)8-4-5-19-40-22-24-42(25-23-40)34-13-10-31(11-14-34)37(43)16-9-29-17-20-41(21-18-29)28-30-6-2-1-3-7-30/h1-3,6-7,10-15,26-27,29,39H,4-5,8-9,16-25,28H2. The number of benzene rings is 3. The predicted molar refractivity (Wildman–Crippen MR) is 179 cm³/mol. The van der Waals surface area contributed by atoms with E-state index < -0.39 is 0 Å². The van der Waals surface area contributed by atoms with E-state index in [4.69, 9.17) is 11.6 Å². The number of Topliss-reactive ketones (excluding diaryl/α,β-unsaturated/α-hetero) is 1. The highest BCUT2D eigenvalue weighted by molar-refractivity contribution is 6.31. The van der Waals surface area contributed by atoms with Gasteiger partial charge < -0.3 is 9.88 Å². The van der Waals surface area contributed by atoms with Crippen LogP contribution in [0, 0.1) is 5.92 Å². The summed E-state index contributed by atoms with van der Waals surface area (Å²) in [5.41, 5.74) is 6.02. The molecule has 0 atom stereocenters. The van der Waals surface area contributed by atoms with E-state index in [1.54, 1.807) is 0 Å². The lowest BCUT2D eigenvalue weighted by Crippen LogP contribution is -2.46. The van der Waals surface area contributed by atoms with Crippen molar-refractivity contribution in [3.05, 3.63) is 101 Å². The fourth-order valence-electron chi connectivity index (χ4n) is 6.85. The number of anilines is 1. The molecule has 2 fully saturated rings. The van der Waals surface area contributed by atoms with Crippen molar-refractivity contribution in [2.24, 2.45) is 5.92 Å². The quantitative estimate of drug-likeness (QED) is 0.134. The summed E-state index contributed by atoms with van der Waals surface area (Å²) >= 11 is 6.21. The maximum absolute atomic E-state index is 13.0. The third-order valence-corrected chi connectivity index (χ3v) is 9.80. The van der Waals surface area contributed by atoms with E-state index in [1.807, 2.05) is 18.2 Å². The number of piperidine rings is 1. The molecule has 0 bridgehead atoms. The number of nitrogens with zero attached hydrogens (tertiary/aromatic N) is 3. The molecule has 1 aromatic heterocycles. The van der Waals surface area contributed by atoms with Crippen LogP contribution >= 0.6 is 11.6 Å². The van der Waals surface area contributed by atoms with Gasteiger partial charge in [0.2, 0.25) is 0 Å². The lowest BCUT2D eigenvalue weighted by molar-refractivity contribution is 0.0961. The van der Waals surface area contributed by atoms with E-state index in [0.717, 1.165) is 75.8 Å². The Bertz CT molecular complexity index is 1450. The molecule has 3 heterocycles. The number of halogens is 1. The molecule has 1 N–H and O–H groups in total. The molecule has 0 aliphatic carbocycles. The number of hydrogen-bond donors (Lipinski definition) is 1. The topological polar surface area (TPSA) is 42.6 Å². The number of aromatic nitrogens is 1. The van der Waals surface area contributed by atoms with Gasteiger partial charge in [0.15, 0.2) is 5.78 Å². The lowest BCUT2D eigenvalue weighted by atomic mass is 9.90. The van der Waals surface area contributed by atoms with Gasteiger partial charge >= 0.3 is 0 Å². The molecule has 0 radical (unpaired) electrons. The molecule has 4 aromatic rings. The molecular formula is C37H45ClN4O. The molecule has 226 valence electrons. The monoisotopic (exact) mass is 596 g/mol. The molecule has 0 unspecified atom stereocenters. The van der Waals surface area contributed by atoms with Crippen LogP contribution in [-0.2, 0) is 13.0 Å². The summed E-state index contributed by atoms with van der Waals surface area (Å²) < 4.78 is 0. The first-order valence-electron chi connectivity index (χ1n) is 16.2. The van der Waals surface area contributed by atoms with Crippen molar-refractivity contribution in [2.45, 2.75) is 51.5 Å². The number of carbonyl (C=O) groups is 1. The van der Waals surface area contributed by atoms with Gasteiger partial charge in [-0.15, -0.1) is 0 Å². The summed E-state index contributed by atoms with van der Waals surface area (Å²) in [4.78, 5) is 23.9. The first-order valence-corrected chi connectivity index (χ1v) is 16.6. The molecular weight excluding hydrogens is 552 g/mol. The largest absolute Gasteiger partial charge is 0.369 e. The van der Waals surface area contributed by atoms with Crippen LogP contribution in [0.4, 0.5) is 5.69 Å². The third-order valence-electron chi connectivity index (χ3n) is 9.56. The van der Waals surface area contributed by atoms with E-state index in [2.05, 4.69) is 80.5 Å². The van der Waals surface area contributed by atoms with Crippen LogP contribution in [0.5, 0.6) is 0 Å². The fourth-order valence-corrected chi connectivity index (χ4v) is 7.02. The number of nitrogens with one attached hydrogen (secondary N) is 1. The number of aryl methyl sites for hydroxylation is 1. The van der Waals surface area contributed by atoms with Gasteiger partial charge in [0, 0.05) is 72.5 Å². The first-order chi connectivity index (χ1) is 21.1. The Morgan fingerprint density at radius 2 is 1.60 bits per heavy atom. The maximum Gasteiger partial charge on any atom is 0.162 e. The van der Waals surface area contributed by atoms with Gasteiger partial charge in [0.1, 0.15) is 0 Å². The summed E-state index contributed by atoms with van der Waals surface area (Å²) in [6.45, 7) is 8.72. The highest BCUT2D eigenvalue weighted by Gasteiger charge is 2.21. The van der Waals surface area contributed by atoms with Crippen LogP contribution in [0.3, 0.4) is 0 Å². The number of rotatable bonds is 12. The van der Waals surface area contributed by atoms with Crippen LogP contribution < -0.4 is 4.90 Å². The third kappa shape index (κ3) is 8.08. The SMILES string of the molecule is O=C(CCC1CCN(Cc2ccccc2)CC1)c1ccc(N2CCN(CCCCc3c[nH]c4ccc(Cl)cc34)CC2)cc1. The number of aromatic amines is 1. The average Bonchev–Trinajstić information content (AvgIpc) is 3.45. The summed E-state index contributed by atoms with van der Waals surface area (Å²) in [6.07, 6.45) is 9.68. The smallest absolute Gasteiger partial charge is 0.162 e. The Labute approximate surface area is 261 Å². The molecule has 43 heavy (non-hydrogen) atoms. The summed E-state index contributed by atoms with van der Waals surface area (Å²) in [6, 6.07) is 25.2. The highest BCUT2D eigenvalue weighted by atomic mass is 35.5. The van der Waals surface area contributed by atoms with Gasteiger partial charge in [-0.2, -0.15) is 0 Å². The van der Waals surface area contributed by atoms with Crippen molar-refractivity contribution in [2.75, 3.05) is 50.7 Å². The lowest BCUT2D eigenvalue weighted by Gasteiger charge is -2.36. The normalized spacial score (nSPS) is 17.1. The molecule has 5 nitrogen and oxygen atoms in total. The van der Waals surface area contributed by atoms with E-state index in [-0.39, 0.29) is 0 Å². The second-order valence-corrected chi connectivity index (χ2v) is 12.9. The number of carbonyl (C=O) groups excluding carboxylic acids is 1. The van der Waals surface area contributed by atoms with E-state index in [1.165, 1.54) is 53.4 Å². The second kappa shape index (κ2) is 14.6. The summed E-state index contributed by atoms with van der Waals surface area (Å²) in [7, 11) is 0. The molecule has 0 spiro atoms. The molecule has 3 aromatic carbocycles. The number of H-pyrrole nitrogens is 1. The Kier molecular flexibility index (Phi) is 10.1. The minimum Gasteiger partial charge on any atom is -0.369 e. The van der Waals surface area contributed by atoms with E-state index in [0.29, 0.717) is 18.1 Å². The zero-order valence-electron chi connectivity index (χ0n) is 25.3. The molecule has 2 saturated heterocycles. The number of unbranched alkanes of at least 4 members (excludes halogenated alkanes) is 1. The van der Waals surface area contributed by atoms with Crippen LogP contribution in [-0.4, -0.2) is 66.4 Å². The molecule has 0 amide bonds. The zero-order chi connectivity index (χ0) is 29.4. The summed E-state index contributed by atoms with van der Waals surface area (Å²) in [5, 5.41) is 2.05. The van der Waals surface area contributed by atoms with Gasteiger partial charge in [-0.25, -0.2) is 0 Å².